The van der Waals surface area contributed by atoms with Gasteiger partial charge < -0.3 is 0 Å². The van der Waals surface area contributed by atoms with Crippen LogP contribution in [0.15, 0.2) is 17.0 Å². The molecule has 1 aromatic rings. The maximum atomic E-state index is 12.6. The van der Waals surface area contributed by atoms with E-state index < -0.39 is 10.0 Å². The molecule has 1 aromatic carbocycles. The van der Waals surface area contributed by atoms with E-state index >= 15 is 0 Å². The number of hydrogen-bond donors (Lipinski definition) is 1. The van der Waals surface area contributed by atoms with Gasteiger partial charge in [0.2, 0.25) is 10.0 Å². The van der Waals surface area contributed by atoms with Crippen LogP contribution in [0.4, 0.5) is 0 Å². The van der Waals surface area contributed by atoms with Gasteiger partial charge in [-0.1, -0.05) is 31.5 Å². The molecule has 0 saturated carbocycles. The first-order valence-electron chi connectivity index (χ1n) is 7.54. The minimum Gasteiger partial charge on any atom is -0.300 e. The fourth-order valence-corrected chi connectivity index (χ4v) is 4.44. The summed E-state index contributed by atoms with van der Waals surface area (Å²) in [5.41, 5.74) is 2.69. The van der Waals surface area contributed by atoms with E-state index in [0.29, 0.717) is 11.4 Å². The van der Waals surface area contributed by atoms with Gasteiger partial charge in [-0.3, -0.25) is 4.90 Å². The molecule has 5 heteroatoms. The highest BCUT2D eigenvalue weighted by atomic mass is 32.2. The Morgan fingerprint density at radius 2 is 1.57 bits per heavy atom. The number of sulfonamides is 1. The molecule has 1 unspecified atom stereocenters. The van der Waals surface area contributed by atoms with Gasteiger partial charge in [-0.05, 0) is 51.9 Å². The van der Waals surface area contributed by atoms with Crippen molar-refractivity contribution < 1.29 is 8.42 Å². The molecule has 0 bridgehead atoms. The smallest absolute Gasteiger partial charge is 0.241 e. The summed E-state index contributed by atoms with van der Waals surface area (Å²) in [5.74, 6) is 0. The molecule has 0 amide bonds. The number of benzene rings is 1. The van der Waals surface area contributed by atoms with Crippen LogP contribution in [0.2, 0.25) is 0 Å². The van der Waals surface area contributed by atoms with Crippen LogP contribution in [-0.2, 0) is 10.0 Å². The first kappa shape index (κ1) is 18.1. The van der Waals surface area contributed by atoms with Crippen molar-refractivity contribution in [3.05, 3.63) is 28.8 Å². The molecule has 0 spiro atoms. The molecule has 0 saturated heterocycles. The topological polar surface area (TPSA) is 49.4 Å². The highest BCUT2D eigenvalue weighted by Gasteiger charge is 2.21. The van der Waals surface area contributed by atoms with Crippen LogP contribution in [0.1, 0.15) is 37.5 Å². The Kier molecular flexibility index (Phi) is 6.38. The van der Waals surface area contributed by atoms with Crippen molar-refractivity contribution in [2.75, 3.05) is 19.6 Å². The van der Waals surface area contributed by atoms with Crippen molar-refractivity contribution in [3.8, 4) is 0 Å². The molecule has 0 radical (unpaired) electrons. The second-order valence-corrected chi connectivity index (χ2v) is 7.35. The summed E-state index contributed by atoms with van der Waals surface area (Å²) in [6, 6.07) is 4.01. The first-order valence-corrected chi connectivity index (χ1v) is 9.02. The molecule has 120 valence electrons. The lowest BCUT2D eigenvalue weighted by Crippen LogP contribution is -2.42. The van der Waals surface area contributed by atoms with Crippen LogP contribution >= 0.6 is 0 Å². The van der Waals surface area contributed by atoms with Crippen molar-refractivity contribution in [1.82, 2.24) is 9.62 Å². The lowest BCUT2D eigenvalue weighted by molar-refractivity contribution is 0.232. The Morgan fingerprint density at radius 1 is 1.10 bits per heavy atom. The molecule has 0 aliphatic carbocycles. The molecule has 0 aromatic heterocycles. The van der Waals surface area contributed by atoms with Gasteiger partial charge >= 0.3 is 0 Å². The van der Waals surface area contributed by atoms with Crippen LogP contribution in [0.25, 0.3) is 0 Å². The van der Waals surface area contributed by atoms with E-state index in [1.807, 2.05) is 39.8 Å². The molecular weight excluding hydrogens is 284 g/mol. The number of aryl methyl sites for hydroxylation is 3. The summed E-state index contributed by atoms with van der Waals surface area (Å²) in [5, 5.41) is 0. The average Bonchev–Trinajstić information content (AvgIpc) is 2.36. The summed E-state index contributed by atoms with van der Waals surface area (Å²) in [4.78, 5) is 2.65. The summed E-state index contributed by atoms with van der Waals surface area (Å²) in [7, 11) is -3.46. The Bertz CT molecular complexity index is 555. The van der Waals surface area contributed by atoms with Gasteiger partial charge in [-0.2, -0.15) is 0 Å². The third kappa shape index (κ3) is 4.53. The second kappa shape index (κ2) is 7.38. The SMILES string of the molecule is CCN(CC)C(C)CNS(=O)(=O)c1c(C)cc(C)cc1C. The van der Waals surface area contributed by atoms with Crippen LogP contribution in [0.5, 0.6) is 0 Å². The van der Waals surface area contributed by atoms with Crippen molar-refractivity contribution in [2.24, 2.45) is 0 Å². The zero-order valence-electron chi connectivity index (χ0n) is 14.0. The normalized spacial score (nSPS) is 13.7. The molecular formula is C16H28N2O2S. The van der Waals surface area contributed by atoms with Crippen molar-refractivity contribution in [1.29, 1.82) is 0 Å². The van der Waals surface area contributed by atoms with E-state index in [2.05, 4.69) is 23.5 Å². The Balaban J connectivity index is 2.93. The van der Waals surface area contributed by atoms with Crippen LogP contribution < -0.4 is 4.72 Å². The Labute approximate surface area is 129 Å². The van der Waals surface area contributed by atoms with E-state index in [1.165, 1.54) is 0 Å². The van der Waals surface area contributed by atoms with E-state index in [1.54, 1.807) is 0 Å². The minimum atomic E-state index is -3.46. The molecule has 0 aliphatic rings. The predicted octanol–water partition coefficient (Wildman–Crippen LogP) is 2.62. The third-order valence-electron chi connectivity index (χ3n) is 3.88. The molecule has 21 heavy (non-hydrogen) atoms. The van der Waals surface area contributed by atoms with Gasteiger partial charge in [0.1, 0.15) is 0 Å². The molecule has 0 heterocycles. The number of nitrogens with zero attached hydrogens (tertiary/aromatic N) is 1. The van der Waals surface area contributed by atoms with Crippen LogP contribution in [0, 0.1) is 20.8 Å². The standard InChI is InChI=1S/C16H28N2O2S/c1-7-18(8-2)15(6)11-17-21(19,20)16-13(4)9-12(3)10-14(16)5/h9-10,15,17H,7-8,11H2,1-6H3. The molecule has 1 N–H and O–H groups in total. The monoisotopic (exact) mass is 312 g/mol. The van der Waals surface area contributed by atoms with E-state index in [-0.39, 0.29) is 6.04 Å². The van der Waals surface area contributed by atoms with Crippen LogP contribution in [-0.4, -0.2) is 39.0 Å². The summed E-state index contributed by atoms with van der Waals surface area (Å²) < 4.78 is 27.9. The first-order chi connectivity index (χ1) is 9.72. The van der Waals surface area contributed by atoms with Gasteiger partial charge in [-0.25, -0.2) is 13.1 Å². The van der Waals surface area contributed by atoms with E-state index in [4.69, 9.17) is 0 Å². The Hall–Kier alpha value is -0.910. The lowest BCUT2D eigenvalue weighted by atomic mass is 10.1. The fourth-order valence-electron chi connectivity index (χ4n) is 2.87. The molecule has 4 nitrogen and oxygen atoms in total. The van der Waals surface area contributed by atoms with Gasteiger partial charge in [-0.15, -0.1) is 0 Å². The summed E-state index contributed by atoms with van der Waals surface area (Å²) in [6.45, 7) is 14.2. The minimum absolute atomic E-state index is 0.181. The van der Waals surface area contributed by atoms with Crippen molar-refractivity contribution >= 4 is 10.0 Å². The second-order valence-electron chi connectivity index (χ2n) is 5.65. The maximum Gasteiger partial charge on any atom is 0.241 e. The summed E-state index contributed by atoms with van der Waals surface area (Å²) in [6.07, 6.45) is 0. The van der Waals surface area contributed by atoms with Crippen molar-refractivity contribution in [3.63, 3.8) is 0 Å². The summed E-state index contributed by atoms with van der Waals surface area (Å²) >= 11 is 0. The van der Waals surface area contributed by atoms with E-state index in [0.717, 1.165) is 29.8 Å². The number of nitrogens with one attached hydrogen (secondary N) is 1. The quantitative estimate of drug-likeness (QED) is 0.842. The number of rotatable bonds is 7. The maximum absolute atomic E-state index is 12.6. The molecule has 1 rings (SSSR count). The van der Waals surface area contributed by atoms with Gasteiger partial charge in [0.05, 0.1) is 4.90 Å². The van der Waals surface area contributed by atoms with Crippen molar-refractivity contribution in [2.45, 2.75) is 52.5 Å². The third-order valence-corrected chi connectivity index (χ3v) is 5.61. The zero-order valence-corrected chi connectivity index (χ0v) is 14.8. The lowest BCUT2D eigenvalue weighted by Gasteiger charge is -2.26. The number of likely N-dealkylation sites (N-methyl/N-ethyl adjacent to an activating group) is 1. The molecule has 0 aliphatic heterocycles. The molecule has 0 fully saturated rings. The zero-order chi connectivity index (χ0) is 16.2. The predicted molar refractivity (Wildman–Crippen MR) is 88.2 cm³/mol. The van der Waals surface area contributed by atoms with Gasteiger partial charge in [0.15, 0.2) is 0 Å². The van der Waals surface area contributed by atoms with Gasteiger partial charge in [0, 0.05) is 12.6 Å². The Morgan fingerprint density at radius 3 is 2.00 bits per heavy atom. The fraction of sp³-hybridized carbons (Fsp3) is 0.625. The van der Waals surface area contributed by atoms with Crippen LogP contribution in [0.3, 0.4) is 0 Å². The van der Waals surface area contributed by atoms with E-state index in [9.17, 15) is 8.42 Å². The highest BCUT2D eigenvalue weighted by Crippen LogP contribution is 2.21. The average molecular weight is 312 g/mol. The largest absolute Gasteiger partial charge is 0.300 e. The molecule has 1 atom stereocenters. The van der Waals surface area contributed by atoms with Gasteiger partial charge in [0.25, 0.3) is 0 Å². The number of hydrogen-bond acceptors (Lipinski definition) is 3. The highest BCUT2D eigenvalue weighted by molar-refractivity contribution is 7.89.